The monoisotopic (exact) mass is 353 g/mol. The van der Waals surface area contributed by atoms with Crippen LogP contribution in [0.2, 0.25) is 0 Å². The highest BCUT2D eigenvalue weighted by Crippen LogP contribution is 2.34. The van der Waals surface area contributed by atoms with E-state index in [0.29, 0.717) is 6.54 Å². The summed E-state index contributed by atoms with van der Waals surface area (Å²) in [5, 5.41) is 4.30. The number of piperidine rings is 1. The van der Waals surface area contributed by atoms with Gasteiger partial charge in [0.1, 0.15) is 6.17 Å². The van der Waals surface area contributed by atoms with E-state index in [1.165, 1.54) is 10.9 Å². The molecule has 3 nitrogen and oxygen atoms in total. The molecule has 3 rings (SSSR count). The van der Waals surface area contributed by atoms with Crippen molar-refractivity contribution < 1.29 is 4.39 Å². The first kappa shape index (κ1) is 18.5. The molecule has 138 valence electrons. The van der Waals surface area contributed by atoms with Crippen LogP contribution in [0.15, 0.2) is 48.7 Å². The lowest BCUT2D eigenvalue weighted by Gasteiger charge is -2.27. The van der Waals surface area contributed by atoms with E-state index in [4.69, 9.17) is 5.73 Å². The average Bonchev–Trinajstić information content (AvgIpc) is 2.99. The van der Waals surface area contributed by atoms with Crippen molar-refractivity contribution in [1.29, 1.82) is 0 Å². The van der Waals surface area contributed by atoms with Crippen LogP contribution in [0.1, 0.15) is 43.0 Å². The summed E-state index contributed by atoms with van der Waals surface area (Å²) in [5.74, 6) is -0.0296. The van der Waals surface area contributed by atoms with Crippen molar-refractivity contribution in [2.24, 2.45) is 5.73 Å². The molecule has 4 heteroatoms. The molecule has 1 aliphatic rings. The second-order valence-corrected chi connectivity index (χ2v) is 7.00. The zero-order valence-corrected chi connectivity index (χ0v) is 15.6. The maximum absolute atomic E-state index is 14.4. The fraction of sp³-hybridized carbons (Fsp3) is 0.364. The largest absolute Gasteiger partial charge is 0.402 e. The van der Waals surface area contributed by atoms with E-state index in [0.717, 1.165) is 47.4 Å². The fourth-order valence-electron chi connectivity index (χ4n) is 3.88. The molecular weight excluding hydrogens is 325 g/mol. The van der Waals surface area contributed by atoms with Gasteiger partial charge in [0.2, 0.25) is 0 Å². The van der Waals surface area contributed by atoms with Crippen molar-refractivity contribution in [3.05, 3.63) is 65.5 Å². The van der Waals surface area contributed by atoms with Crippen LogP contribution in [0.5, 0.6) is 0 Å². The first-order valence-electron chi connectivity index (χ1n) is 9.31. The normalized spacial score (nSPS) is 22.0. The van der Waals surface area contributed by atoms with Gasteiger partial charge >= 0.3 is 0 Å². The second-order valence-electron chi connectivity index (χ2n) is 7.00. The summed E-state index contributed by atoms with van der Waals surface area (Å²) < 4.78 is 14.4. The van der Waals surface area contributed by atoms with Crippen LogP contribution in [0.4, 0.5) is 4.39 Å². The van der Waals surface area contributed by atoms with Crippen molar-refractivity contribution in [3.63, 3.8) is 0 Å². The highest BCUT2D eigenvalue weighted by molar-refractivity contribution is 5.92. The van der Waals surface area contributed by atoms with E-state index in [-0.39, 0.29) is 5.92 Å². The summed E-state index contributed by atoms with van der Waals surface area (Å²) >= 11 is 0. The number of halogens is 1. The first-order chi connectivity index (χ1) is 12.5. The Morgan fingerprint density at radius 2 is 2.23 bits per heavy atom. The number of hydrogen-bond donors (Lipinski definition) is 3. The lowest BCUT2D eigenvalue weighted by molar-refractivity contribution is 0.231. The summed E-state index contributed by atoms with van der Waals surface area (Å²) in [7, 11) is 0. The highest BCUT2D eigenvalue weighted by atomic mass is 19.1. The van der Waals surface area contributed by atoms with Gasteiger partial charge < -0.3 is 16.0 Å². The van der Waals surface area contributed by atoms with Crippen LogP contribution in [0.3, 0.4) is 0 Å². The Hall–Kier alpha value is -2.33. The highest BCUT2D eigenvalue weighted by Gasteiger charge is 2.26. The van der Waals surface area contributed by atoms with E-state index in [9.17, 15) is 4.39 Å². The number of aryl methyl sites for hydroxylation is 1. The van der Waals surface area contributed by atoms with Crippen molar-refractivity contribution >= 4 is 16.5 Å². The van der Waals surface area contributed by atoms with Crippen LogP contribution in [-0.2, 0) is 6.42 Å². The number of hydrogen-bond acceptors (Lipinski definition) is 2. The molecule has 0 radical (unpaired) electrons. The van der Waals surface area contributed by atoms with Gasteiger partial charge in [0.05, 0.1) is 0 Å². The van der Waals surface area contributed by atoms with Crippen LogP contribution in [-0.4, -0.2) is 24.2 Å². The zero-order valence-electron chi connectivity index (χ0n) is 15.6. The predicted octanol–water partition coefficient (Wildman–Crippen LogP) is 4.58. The van der Waals surface area contributed by atoms with Gasteiger partial charge in [0.15, 0.2) is 0 Å². The fourth-order valence-corrected chi connectivity index (χ4v) is 3.88. The molecule has 0 aliphatic carbocycles. The number of nitrogens with one attached hydrogen (secondary N) is 2. The number of rotatable bonds is 5. The van der Waals surface area contributed by atoms with E-state index < -0.39 is 6.17 Å². The molecule has 2 atom stereocenters. The lowest BCUT2D eigenvalue weighted by atomic mass is 9.87. The van der Waals surface area contributed by atoms with E-state index in [1.54, 1.807) is 6.08 Å². The van der Waals surface area contributed by atoms with Crippen molar-refractivity contribution in [3.8, 4) is 0 Å². The molecule has 1 aromatic carbocycles. The van der Waals surface area contributed by atoms with Gasteiger partial charge in [-0.15, -0.1) is 0 Å². The van der Waals surface area contributed by atoms with Gasteiger partial charge in [-0.2, -0.15) is 0 Å². The van der Waals surface area contributed by atoms with Crippen LogP contribution in [0.25, 0.3) is 16.5 Å². The molecule has 26 heavy (non-hydrogen) atoms. The summed E-state index contributed by atoms with van der Waals surface area (Å²) in [6, 6.07) is 6.30. The van der Waals surface area contributed by atoms with E-state index >= 15 is 0 Å². The molecular formula is C22H28FN3. The minimum Gasteiger partial charge on any atom is -0.402 e. The smallest absolute Gasteiger partial charge is 0.119 e. The lowest BCUT2D eigenvalue weighted by Crippen LogP contribution is -2.36. The molecule has 1 saturated heterocycles. The minimum absolute atomic E-state index is 0.0296. The molecule has 0 bridgehead atoms. The molecule has 1 aromatic heterocycles. The van der Waals surface area contributed by atoms with Crippen molar-refractivity contribution in [1.82, 2.24) is 10.3 Å². The molecule has 0 amide bonds. The summed E-state index contributed by atoms with van der Waals surface area (Å²) in [4.78, 5) is 3.52. The number of nitrogens with two attached hydrogens (primary N) is 1. The standard InChI is InChI=1S/C22H28FN3/c1-4-6-16(11-14(3)24)22-17(5-2)19-12-15(7-8-21(19)26-22)18-9-10-25-13-20(18)23/h4,6-8,11-12,18,20,25-26H,1,5,9-10,13,24H2,2-3H3/b14-11+,16-6+. The molecule has 0 saturated carbocycles. The number of fused-ring (bicyclic) bond motifs is 1. The van der Waals surface area contributed by atoms with E-state index in [2.05, 4.69) is 42.0 Å². The maximum atomic E-state index is 14.4. The van der Waals surface area contributed by atoms with Crippen LogP contribution < -0.4 is 11.1 Å². The molecule has 1 aliphatic heterocycles. The van der Waals surface area contributed by atoms with Gasteiger partial charge in [-0.25, -0.2) is 4.39 Å². The molecule has 1 fully saturated rings. The third-order valence-corrected chi connectivity index (χ3v) is 5.09. The quantitative estimate of drug-likeness (QED) is 0.689. The van der Waals surface area contributed by atoms with Gasteiger partial charge in [-0.05, 0) is 61.2 Å². The van der Waals surface area contributed by atoms with Gasteiger partial charge in [0.25, 0.3) is 0 Å². The second kappa shape index (κ2) is 7.92. The number of aromatic nitrogens is 1. The summed E-state index contributed by atoms with van der Waals surface area (Å²) in [6.45, 7) is 9.15. The first-order valence-corrected chi connectivity index (χ1v) is 9.31. The predicted molar refractivity (Wildman–Crippen MR) is 109 cm³/mol. The molecule has 0 spiro atoms. The molecule has 2 aromatic rings. The number of aromatic amines is 1. The Labute approximate surface area is 154 Å². The molecule has 4 N–H and O–H groups in total. The summed E-state index contributed by atoms with van der Waals surface area (Å²) in [5.41, 5.74) is 12.1. The number of benzene rings is 1. The van der Waals surface area contributed by atoms with Gasteiger partial charge in [-0.1, -0.05) is 31.7 Å². The van der Waals surface area contributed by atoms with E-state index in [1.807, 2.05) is 19.1 Å². The third-order valence-electron chi connectivity index (χ3n) is 5.09. The zero-order chi connectivity index (χ0) is 18.7. The average molecular weight is 353 g/mol. The van der Waals surface area contributed by atoms with Crippen LogP contribution >= 0.6 is 0 Å². The van der Waals surface area contributed by atoms with Gasteiger partial charge in [0, 0.05) is 34.8 Å². The van der Waals surface area contributed by atoms with Gasteiger partial charge in [-0.3, -0.25) is 0 Å². The Morgan fingerprint density at radius 3 is 2.88 bits per heavy atom. The Balaban J connectivity index is 2.11. The maximum Gasteiger partial charge on any atom is 0.119 e. The molecule has 2 unspecified atom stereocenters. The Kier molecular flexibility index (Phi) is 5.62. The third kappa shape index (κ3) is 3.61. The number of alkyl halides is 1. The topological polar surface area (TPSA) is 53.8 Å². The minimum atomic E-state index is -0.830. The summed E-state index contributed by atoms with van der Waals surface area (Å²) in [6.07, 6.45) is 6.58. The van der Waals surface area contributed by atoms with Crippen molar-refractivity contribution in [2.45, 2.75) is 38.8 Å². The Bertz CT molecular complexity index is 856. The SMILES string of the molecule is C=C/C=C(\C=C(/C)N)c1[nH]c2ccc(C3CCNCC3F)cc2c1CC. The van der Waals surface area contributed by atoms with Crippen LogP contribution in [0, 0.1) is 0 Å². The van der Waals surface area contributed by atoms with Crippen molar-refractivity contribution in [2.75, 3.05) is 13.1 Å². The number of H-pyrrole nitrogens is 1. The Morgan fingerprint density at radius 1 is 1.42 bits per heavy atom. The number of allylic oxidation sites excluding steroid dienone is 5. The molecule has 2 heterocycles.